The number of rotatable bonds is 4. The molecule has 0 bridgehead atoms. The number of carboxylic acid groups (broad SMARTS) is 1. The van der Waals surface area contributed by atoms with Crippen LogP contribution in [-0.4, -0.2) is 30.4 Å². The standard InChI is InChI=1S/C14H14F2N4O3/c15-12(16)9-5-4-8(6-17-9)7-19-14(23)20-10(13(21)22)2-1-3-11(20)18-19/h4-6,10,12H,1-3,7H2,(H,21,22)/t10-/m0/s1. The van der Waals surface area contributed by atoms with Gasteiger partial charge in [0.15, 0.2) is 0 Å². The highest BCUT2D eigenvalue weighted by molar-refractivity contribution is 5.72. The van der Waals surface area contributed by atoms with Crippen molar-refractivity contribution in [3.8, 4) is 0 Å². The zero-order valence-corrected chi connectivity index (χ0v) is 12.0. The molecule has 0 saturated carbocycles. The Morgan fingerprint density at radius 3 is 2.83 bits per heavy atom. The second-order valence-corrected chi connectivity index (χ2v) is 5.36. The molecule has 0 amide bonds. The molecule has 9 heteroatoms. The van der Waals surface area contributed by atoms with Crippen LogP contribution in [0.1, 0.15) is 42.4 Å². The molecule has 23 heavy (non-hydrogen) atoms. The zero-order chi connectivity index (χ0) is 16.6. The van der Waals surface area contributed by atoms with Gasteiger partial charge < -0.3 is 5.11 Å². The number of nitrogens with zero attached hydrogens (tertiary/aromatic N) is 4. The summed E-state index contributed by atoms with van der Waals surface area (Å²) in [4.78, 5) is 27.3. The van der Waals surface area contributed by atoms with E-state index >= 15 is 0 Å². The molecule has 0 spiro atoms. The lowest BCUT2D eigenvalue weighted by atomic mass is 10.1. The summed E-state index contributed by atoms with van der Waals surface area (Å²) in [5, 5.41) is 13.4. The van der Waals surface area contributed by atoms with Crippen LogP contribution in [0.25, 0.3) is 0 Å². The fourth-order valence-electron chi connectivity index (χ4n) is 2.70. The van der Waals surface area contributed by atoms with E-state index in [1.54, 1.807) is 0 Å². The van der Waals surface area contributed by atoms with Gasteiger partial charge in [0.1, 0.15) is 17.6 Å². The van der Waals surface area contributed by atoms with Gasteiger partial charge in [-0.1, -0.05) is 6.07 Å². The Morgan fingerprint density at radius 2 is 2.22 bits per heavy atom. The predicted octanol–water partition coefficient (Wildman–Crippen LogP) is 1.39. The molecule has 3 heterocycles. The Kier molecular flexibility index (Phi) is 3.93. The number of fused-ring (bicyclic) bond motifs is 1. The SMILES string of the molecule is O=C(O)[C@@H]1CCCc2nn(Cc3ccc(C(F)F)nc3)c(=O)n21. The monoisotopic (exact) mass is 324 g/mol. The van der Waals surface area contributed by atoms with Gasteiger partial charge in [0, 0.05) is 12.6 Å². The number of halogens is 2. The van der Waals surface area contributed by atoms with Crippen molar-refractivity contribution in [2.75, 3.05) is 0 Å². The number of aromatic nitrogens is 4. The second-order valence-electron chi connectivity index (χ2n) is 5.36. The van der Waals surface area contributed by atoms with Gasteiger partial charge in [-0.3, -0.25) is 9.55 Å². The number of aliphatic carboxylic acids is 1. The minimum Gasteiger partial charge on any atom is -0.480 e. The van der Waals surface area contributed by atoms with Gasteiger partial charge in [0.05, 0.1) is 6.54 Å². The molecule has 122 valence electrons. The normalized spacial score (nSPS) is 17.3. The molecular formula is C14H14F2N4O3. The fourth-order valence-corrected chi connectivity index (χ4v) is 2.70. The molecule has 1 atom stereocenters. The van der Waals surface area contributed by atoms with E-state index in [4.69, 9.17) is 0 Å². The van der Waals surface area contributed by atoms with E-state index in [0.29, 0.717) is 30.7 Å². The first-order valence-corrected chi connectivity index (χ1v) is 7.11. The molecule has 0 radical (unpaired) electrons. The third-order valence-corrected chi connectivity index (χ3v) is 3.82. The van der Waals surface area contributed by atoms with E-state index in [1.807, 2.05) is 0 Å². The molecule has 1 aliphatic rings. The molecule has 0 fully saturated rings. The third kappa shape index (κ3) is 2.86. The van der Waals surface area contributed by atoms with Gasteiger partial charge in [0.2, 0.25) is 0 Å². The first-order valence-electron chi connectivity index (χ1n) is 7.11. The van der Waals surface area contributed by atoms with Gasteiger partial charge in [-0.2, -0.15) is 5.10 Å². The molecular weight excluding hydrogens is 310 g/mol. The average molecular weight is 324 g/mol. The van der Waals surface area contributed by atoms with E-state index in [1.165, 1.54) is 22.9 Å². The lowest BCUT2D eigenvalue weighted by Gasteiger charge is -2.19. The van der Waals surface area contributed by atoms with Crippen LogP contribution in [-0.2, 0) is 17.8 Å². The maximum atomic E-state index is 12.5. The summed E-state index contributed by atoms with van der Waals surface area (Å²) in [5.41, 5.74) is -0.306. The van der Waals surface area contributed by atoms with Crippen molar-refractivity contribution in [2.45, 2.75) is 38.3 Å². The largest absolute Gasteiger partial charge is 0.480 e. The summed E-state index contributed by atoms with van der Waals surface area (Å²) in [6.45, 7) is 0.0572. The first-order chi connectivity index (χ1) is 11.0. The summed E-state index contributed by atoms with van der Waals surface area (Å²) in [6, 6.07) is 1.74. The zero-order valence-electron chi connectivity index (χ0n) is 12.0. The van der Waals surface area contributed by atoms with Crippen LogP contribution in [0.4, 0.5) is 8.78 Å². The lowest BCUT2D eigenvalue weighted by molar-refractivity contribution is -0.141. The number of hydrogen-bond acceptors (Lipinski definition) is 4. The molecule has 0 aliphatic carbocycles. The fraction of sp³-hybridized carbons (Fsp3) is 0.429. The van der Waals surface area contributed by atoms with Crippen LogP contribution in [0.5, 0.6) is 0 Å². The number of alkyl halides is 2. The Balaban J connectivity index is 1.90. The van der Waals surface area contributed by atoms with Crippen molar-refractivity contribution in [1.29, 1.82) is 0 Å². The molecule has 2 aromatic heterocycles. The number of hydrogen-bond donors (Lipinski definition) is 1. The smallest absolute Gasteiger partial charge is 0.347 e. The Hall–Kier alpha value is -2.58. The van der Waals surface area contributed by atoms with Gasteiger partial charge in [0.25, 0.3) is 6.43 Å². The highest BCUT2D eigenvalue weighted by Gasteiger charge is 2.30. The van der Waals surface area contributed by atoms with Gasteiger partial charge in [-0.15, -0.1) is 0 Å². The second kappa shape index (κ2) is 5.90. The predicted molar refractivity (Wildman–Crippen MR) is 74.4 cm³/mol. The molecule has 7 nitrogen and oxygen atoms in total. The maximum absolute atomic E-state index is 12.5. The van der Waals surface area contributed by atoms with Crippen LogP contribution >= 0.6 is 0 Å². The van der Waals surface area contributed by atoms with E-state index in [0.717, 1.165) is 4.68 Å². The number of aryl methyl sites for hydroxylation is 1. The minimum absolute atomic E-state index is 0.0572. The van der Waals surface area contributed by atoms with Crippen LogP contribution in [0, 0.1) is 0 Å². The Labute approximate surface area is 129 Å². The highest BCUT2D eigenvalue weighted by Crippen LogP contribution is 2.22. The summed E-state index contributed by atoms with van der Waals surface area (Å²) in [6.07, 6.45) is 0.189. The topological polar surface area (TPSA) is 90.0 Å². The Morgan fingerprint density at radius 1 is 1.43 bits per heavy atom. The minimum atomic E-state index is -2.65. The number of carbonyl (C=O) groups is 1. The third-order valence-electron chi connectivity index (χ3n) is 3.82. The van der Waals surface area contributed by atoms with Gasteiger partial charge >= 0.3 is 11.7 Å². The van der Waals surface area contributed by atoms with Crippen LogP contribution in [0.15, 0.2) is 23.1 Å². The quantitative estimate of drug-likeness (QED) is 0.918. The summed E-state index contributed by atoms with van der Waals surface area (Å²) in [5.74, 6) is -0.624. The van der Waals surface area contributed by atoms with Crippen molar-refractivity contribution in [3.63, 3.8) is 0 Å². The number of carboxylic acids is 1. The lowest BCUT2D eigenvalue weighted by Crippen LogP contribution is -2.34. The molecule has 2 aromatic rings. The molecule has 1 N–H and O–H groups in total. The van der Waals surface area contributed by atoms with Crippen LogP contribution in [0.3, 0.4) is 0 Å². The Bertz CT molecular complexity index is 782. The molecule has 3 rings (SSSR count). The average Bonchev–Trinajstić information content (AvgIpc) is 2.84. The maximum Gasteiger partial charge on any atom is 0.347 e. The van der Waals surface area contributed by atoms with Gasteiger partial charge in [-0.05, 0) is 24.5 Å². The summed E-state index contributed by atoms with van der Waals surface area (Å²) >= 11 is 0. The van der Waals surface area contributed by atoms with E-state index < -0.39 is 24.1 Å². The van der Waals surface area contributed by atoms with Crippen molar-refractivity contribution in [3.05, 3.63) is 45.9 Å². The van der Waals surface area contributed by atoms with Crippen molar-refractivity contribution in [1.82, 2.24) is 19.3 Å². The molecule has 0 saturated heterocycles. The number of pyridine rings is 1. The summed E-state index contributed by atoms with van der Waals surface area (Å²) < 4.78 is 27.3. The molecule has 0 aromatic carbocycles. The van der Waals surface area contributed by atoms with E-state index in [9.17, 15) is 23.5 Å². The van der Waals surface area contributed by atoms with E-state index in [2.05, 4.69) is 10.1 Å². The van der Waals surface area contributed by atoms with Crippen molar-refractivity contribution >= 4 is 5.97 Å². The first kappa shape index (κ1) is 15.3. The van der Waals surface area contributed by atoms with Crippen LogP contribution in [0.2, 0.25) is 0 Å². The van der Waals surface area contributed by atoms with Crippen molar-refractivity contribution in [2.24, 2.45) is 0 Å². The summed E-state index contributed by atoms with van der Waals surface area (Å²) in [7, 11) is 0. The van der Waals surface area contributed by atoms with Crippen LogP contribution < -0.4 is 5.69 Å². The van der Waals surface area contributed by atoms with E-state index in [-0.39, 0.29) is 12.2 Å². The molecule has 0 unspecified atom stereocenters. The van der Waals surface area contributed by atoms with Gasteiger partial charge in [-0.25, -0.2) is 23.1 Å². The highest BCUT2D eigenvalue weighted by atomic mass is 19.3. The molecule has 1 aliphatic heterocycles. The van der Waals surface area contributed by atoms with Crippen molar-refractivity contribution < 1.29 is 18.7 Å².